The monoisotopic (exact) mass is 446 g/mol. The van der Waals surface area contributed by atoms with Crippen molar-refractivity contribution in [3.63, 3.8) is 0 Å². The minimum Gasteiger partial charge on any atom is -0.465 e. The van der Waals surface area contributed by atoms with E-state index in [4.69, 9.17) is 18.9 Å². The van der Waals surface area contributed by atoms with Crippen LogP contribution in [0, 0.1) is 5.41 Å². The first-order valence-electron chi connectivity index (χ1n) is 9.91. The summed E-state index contributed by atoms with van der Waals surface area (Å²) >= 11 is 0. The van der Waals surface area contributed by atoms with Gasteiger partial charge < -0.3 is 18.9 Å². The van der Waals surface area contributed by atoms with Crippen LogP contribution in [0.2, 0.25) is 0 Å². The Labute approximate surface area is 180 Å². The van der Waals surface area contributed by atoms with Crippen LogP contribution in [0.25, 0.3) is 0 Å². The molecule has 0 bridgehead atoms. The molecular formula is C22H22O8S. The Hall–Kier alpha value is -3.07. The first-order chi connectivity index (χ1) is 14.9. The number of hydrogen-bond donors (Lipinski definition) is 0. The van der Waals surface area contributed by atoms with Gasteiger partial charge in [-0.2, -0.15) is 0 Å². The minimum absolute atomic E-state index is 0.00798. The summed E-state index contributed by atoms with van der Waals surface area (Å²) in [5.41, 5.74) is -1.55. The van der Waals surface area contributed by atoms with Crippen LogP contribution in [-0.4, -0.2) is 45.6 Å². The Morgan fingerprint density at radius 2 is 1.58 bits per heavy atom. The number of fused-ring (bicyclic) bond motifs is 1. The van der Waals surface area contributed by atoms with Gasteiger partial charge in [0.25, 0.3) is 0 Å². The van der Waals surface area contributed by atoms with E-state index in [0.29, 0.717) is 17.1 Å². The van der Waals surface area contributed by atoms with Crippen molar-refractivity contribution in [2.75, 3.05) is 20.0 Å². The summed E-state index contributed by atoms with van der Waals surface area (Å²) in [4.78, 5) is 26.2. The summed E-state index contributed by atoms with van der Waals surface area (Å²) in [6.07, 6.45) is 0. The summed E-state index contributed by atoms with van der Waals surface area (Å²) in [5, 5.41) is -1.37. The van der Waals surface area contributed by atoms with Gasteiger partial charge in [0.2, 0.25) is 6.79 Å². The number of sulfone groups is 1. The fourth-order valence-corrected chi connectivity index (χ4v) is 6.46. The van der Waals surface area contributed by atoms with Crippen LogP contribution >= 0.6 is 0 Å². The Kier molecular flexibility index (Phi) is 5.38. The van der Waals surface area contributed by atoms with Gasteiger partial charge in [-0.15, -0.1) is 0 Å². The molecule has 4 rings (SSSR count). The molecular weight excluding hydrogens is 424 g/mol. The van der Waals surface area contributed by atoms with E-state index in [1.54, 1.807) is 50.2 Å². The van der Waals surface area contributed by atoms with Crippen molar-refractivity contribution >= 4 is 21.8 Å². The third-order valence-electron chi connectivity index (χ3n) is 5.52. The van der Waals surface area contributed by atoms with Gasteiger partial charge in [-0.05, 0) is 43.7 Å². The van der Waals surface area contributed by atoms with Crippen molar-refractivity contribution in [2.24, 2.45) is 5.41 Å². The van der Waals surface area contributed by atoms with Crippen LogP contribution in [0.1, 0.15) is 25.3 Å². The van der Waals surface area contributed by atoms with Crippen LogP contribution in [0.5, 0.6) is 11.5 Å². The highest BCUT2D eigenvalue weighted by molar-refractivity contribution is 7.92. The molecule has 31 heavy (non-hydrogen) atoms. The number of carbonyl (C=O) groups is 2. The normalized spacial score (nSPS) is 20.7. The van der Waals surface area contributed by atoms with Crippen molar-refractivity contribution in [1.82, 2.24) is 0 Å². The van der Waals surface area contributed by atoms with Crippen LogP contribution in [0.15, 0.2) is 53.4 Å². The zero-order valence-electron chi connectivity index (χ0n) is 17.1. The highest BCUT2D eigenvalue weighted by Crippen LogP contribution is 2.66. The quantitative estimate of drug-likeness (QED) is 0.472. The van der Waals surface area contributed by atoms with Crippen LogP contribution in [0.3, 0.4) is 0 Å². The molecule has 2 aliphatic rings. The topological polar surface area (TPSA) is 105 Å². The van der Waals surface area contributed by atoms with E-state index in [1.807, 2.05) is 0 Å². The molecule has 1 fully saturated rings. The molecule has 2 aromatic carbocycles. The Morgan fingerprint density at radius 3 is 2.19 bits per heavy atom. The second-order valence-electron chi connectivity index (χ2n) is 7.18. The number of benzene rings is 2. The second-order valence-corrected chi connectivity index (χ2v) is 9.25. The molecule has 0 radical (unpaired) electrons. The van der Waals surface area contributed by atoms with Gasteiger partial charge in [0, 0.05) is 5.92 Å². The third-order valence-corrected chi connectivity index (χ3v) is 7.76. The molecule has 0 unspecified atom stereocenters. The number of hydrogen-bond acceptors (Lipinski definition) is 8. The first kappa shape index (κ1) is 21.2. The fraction of sp³-hybridized carbons (Fsp3) is 0.364. The number of rotatable bonds is 7. The van der Waals surface area contributed by atoms with E-state index in [0.717, 1.165) is 0 Å². The van der Waals surface area contributed by atoms with Gasteiger partial charge in [-0.25, -0.2) is 8.42 Å². The van der Waals surface area contributed by atoms with Crippen molar-refractivity contribution < 1.29 is 37.0 Å². The van der Waals surface area contributed by atoms with Crippen LogP contribution in [-0.2, 0) is 28.9 Å². The van der Waals surface area contributed by atoms with Gasteiger partial charge >= 0.3 is 11.9 Å². The van der Waals surface area contributed by atoms with E-state index < -0.39 is 38.4 Å². The maximum atomic E-state index is 13.6. The first-order valence-corrected chi connectivity index (χ1v) is 11.5. The molecule has 1 saturated carbocycles. The van der Waals surface area contributed by atoms with Gasteiger partial charge in [0.1, 0.15) is 5.25 Å². The molecule has 1 heterocycles. The molecule has 0 N–H and O–H groups in total. The molecule has 0 aromatic heterocycles. The van der Waals surface area contributed by atoms with E-state index in [1.165, 1.54) is 12.1 Å². The fourth-order valence-electron chi connectivity index (χ4n) is 4.15. The third kappa shape index (κ3) is 3.23. The van der Waals surface area contributed by atoms with Crippen LogP contribution < -0.4 is 9.47 Å². The van der Waals surface area contributed by atoms with E-state index in [-0.39, 0.29) is 24.9 Å². The smallest absolute Gasteiger partial charge is 0.325 e. The molecule has 1 aliphatic heterocycles. The molecule has 0 saturated heterocycles. The predicted octanol–water partition coefficient (Wildman–Crippen LogP) is 2.47. The summed E-state index contributed by atoms with van der Waals surface area (Å²) < 4.78 is 48.2. The molecule has 1 aliphatic carbocycles. The second kappa shape index (κ2) is 7.88. The predicted molar refractivity (Wildman–Crippen MR) is 108 cm³/mol. The highest BCUT2D eigenvalue weighted by atomic mass is 32.2. The van der Waals surface area contributed by atoms with Crippen molar-refractivity contribution in [2.45, 2.75) is 29.9 Å². The van der Waals surface area contributed by atoms with Gasteiger partial charge in [-0.1, -0.05) is 24.3 Å². The van der Waals surface area contributed by atoms with Gasteiger partial charge in [0.15, 0.2) is 26.8 Å². The summed E-state index contributed by atoms with van der Waals surface area (Å²) in [5.74, 6) is -1.90. The Balaban J connectivity index is 1.88. The van der Waals surface area contributed by atoms with E-state index >= 15 is 0 Å². The molecule has 2 aromatic rings. The van der Waals surface area contributed by atoms with Crippen LogP contribution in [0.4, 0.5) is 0 Å². The number of carbonyl (C=O) groups excluding carboxylic acids is 2. The maximum Gasteiger partial charge on any atom is 0.325 e. The molecule has 0 spiro atoms. The number of ether oxygens (including phenoxy) is 4. The van der Waals surface area contributed by atoms with Crippen molar-refractivity contribution in [1.29, 1.82) is 0 Å². The summed E-state index contributed by atoms with van der Waals surface area (Å²) in [6, 6.07) is 12.6. The molecule has 164 valence electrons. The number of esters is 2. The Bertz CT molecular complexity index is 1090. The summed E-state index contributed by atoms with van der Waals surface area (Å²) in [7, 11) is -4.09. The molecule has 2 atom stereocenters. The van der Waals surface area contributed by atoms with Crippen molar-refractivity contribution in [3.8, 4) is 11.5 Å². The zero-order valence-corrected chi connectivity index (χ0v) is 17.9. The maximum absolute atomic E-state index is 13.6. The Morgan fingerprint density at radius 1 is 0.968 bits per heavy atom. The van der Waals surface area contributed by atoms with E-state index in [9.17, 15) is 18.0 Å². The largest absolute Gasteiger partial charge is 0.465 e. The average molecular weight is 446 g/mol. The lowest BCUT2D eigenvalue weighted by Gasteiger charge is -2.15. The van der Waals surface area contributed by atoms with Gasteiger partial charge in [-0.3, -0.25) is 9.59 Å². The van der Waals surface area contributed by atoms with E-state index in [2.05, 4.69) is 0 Å². The standard InChI is InChI=1S/C22H22O8S/c1-3-27-20(23)22(21(24)28-4-2)18(14-10-11-16-17(12-14)30-13-29-16)19(22)31(25,26)15-8-6-5-7-9-15/h5-12,18-19H,3-4,13H2,1-2H3/t18-,19-/m0/s1. The summed E-state index contributed by atoms with van der Waals surface area (Å²) in [6.45, 7) is 3.21. The molecule has 8 nitrogen and oxygen atoms in total. The highest BCUT2D eigenvalue weighted by Gasteiger charge is 2.81. The average Bonchev–Trinajstić information content (AvgIpc) is 3.29. The molecule has 0 amide bonds. The minimum atomic E-state index is -4.09. The van der Waals surface area contributed by atoms with Crippen molar-refractivity contribution in [3.05, 3.63) is 54.1 Å². The SMILES string of the molecule is CCOC(=O)C1(C(=O)OCC)[C@@H](c2ccc3c(c2)OCO3)[C@@H]1S(=O)(=O)c1ccccc1. The van der Waals surface area contributed by atoms with Gasteiger partial charge in [0.05, 0.1) is 18.1 Å². The zero-order chi connectivity index (χ0) is 22.2. The molecule has 9 heteroatoms. The lowest BCUT2D eigenvalue weighted by atomic mass is 9.98. The lowest BCUT2D eigenvalue weighted by Crippen LogP contribution is -2.35. The lowest BCUT2D eigenvalue weighted by molar-refractivity contribution is -0.164.